The zero-order valence-electron chi connectivity index (χ0n) is 9.17. The van der Waals surface area contributed by atoms with Gasteiger partial charge in [-0.05, 0) is 0 Å². The van der Waals surface area contributed by atoms with Crippen LogP contribution in [0.4, 0.5) is 0 Å². The van der Waals surface area contributed by atoms with E-state index < -0.39 is 34.1 Å². The zero-order chi connectivity index (χ0) is 12.8. The molecule has 0 saturated carbocycles. The molecule has 8 heteroatoms. The van der Waals surface area contributed by atoms with E-state index in [1.807, 2.05) is 0 Å². The molecule has 0 aliphatic heterocycles. The molecular formula is C8H15NO6S. The minimum absolute atomic E-state index is 0.0192. The number of ether oxygens (including phenoxy) is 1. The molecule has 0 aromatic carbocycles. The normalized spacial score (nSPS) is 11.4. The molecule has 0 spiro atoms. The first-order chi connectivity index (χ1) is 7.29. The van der Waals surface area contributed by atoms with Gasteiger partial charge in [-0.15, -0.1) is 0 Å². The van der Waals surface area contributed by atoms with Crippen LogP contribution in [0.3, 0.4) is 0 Å². The first-order valence-electron chi connectivity index (χ1n) is 4.52. The lowest BCUT2D eigenvalue weighted by Crippen LogP contribution is -2.32. The Morgan fingerprint density at radius 3 is 2.31 bits per heavy atom. The maximum absolute atomic E-state index is 11.4. The van der Waals surface area contributed by atoms with Crippen molar-refractivity contribution in [3.05, 3.63) is 0 Å². The number of carboxylic acids is 1. The maximum Gasteiger partial charge on any atom is 0.306 e. The second kappa shape index (κ2) is 6.44. The quantitative estimate of drug-likeness (QED) is 0.601. The van der Waals surface area contributed by atoms with Gasteiger partial charge >= 0.3 is 11.9 Å². The molecule has 16 heavy (non-hydrogen) atoms. The summed E-state index contributed by atoms with van der Waals surface area (Å²) >= 11 is 0. The lowest BCUT2D eigenvalue weighted by atomic mass is 10.4. The number of hydrogen-bond donors (Lipinski definition) is 1. The van der Waals surface area contributed by atoms with E-state index in [2.05, 4.69) is 4.74 Å². The highest BCUT2D eigenvalue weighted by molar-refractivity contribution is 7.89. The van der Waals surface area contributed by atoms with Gasteiger partial charge in [-0.3, -0.25) is 9.59 Å². The van der Waals surface area contributed by atoms with Crippen molar-refractivity contribution in [1.82, 2.24) is 4.31 Å². The van der Waals surface area contributed by atoms with Crippen molar-refractivity contribution in [3.63, 3.8) is 0 Å². The van der Waals surface area contributed by atoms with Crippen LogP contribution >= 0.6 is 0 Å². The van der Waals surface area contributed by atoms with Gasteiger partial charge in [0.2, 0.25) is 10.0 Å². The minimum atomic E-state index is -3.61. The average Bonchev–Trinajstić information content (AvgIpc) is 2.22. The van der Waals surface area contributed by atoms with Crippen LogP contribution in [0.15, 0.2) is 0 Å². The van der Waals surface area contributed by atoms with Crippen LogP contribution in [0.5, 0.6) is 0 Å². The summed E-state index contributed by atoms with van der Waals surface area (Å²) < 4.78 is 28.2. The Hall–Kier alpha value is -1.15. The molecule has 0 aliphatic rings. The number of methoxy groups -OCH3 is 1. The molecule has 0 bridgehead atoms. The summed E-state index contributed by atoms with van der Waals surface area (Å²) in [7, 11) is -1.11. The number of sulfonamides is 1. The van der Waals surface area contributed by atoms with Gasteiger partial charge in [0.15, 0.2) is 0 Å². The van der Waals surface area contributed by atoms with Crippen molar-refractivity contribution in [3.8, 4) is 0 Å². The third-order valence-corrected chi connectivity index (χ3v) is 3.76. The van der Waals surface area contributed by atoms with E-state index in [1.54, 1.807) is 0 Å². The molecule has 0 amide bonds. The average molecular weight is 253 g/mol. The number of hydrogen-bond acceptors (Lipinski definition) is 5. The Balaban J connectivity index is 4.19. The molecule has 0 heterocycles. The van der Waals surface area contributed by atoms with Gasteiger partial charge < -0.3 is 9.84 Å². The standard InChI is InChI=1S/C8H15NO6S/c1-9(5-3-8(12)15-2)16(13,14)6-4-7(10)11/h3-6H2,1-2H3,(H,10,11). The Kier molecular flexibility index (Phi) is 5.97. The Morgan fingerprint density at radius 2 is 1.88 bits per heavy atom. The molecule has 0 saturated heterocycles. The predicted molar refractivity (Wildman–Crippen MR) is 55.3 cm³/mol. The van der Waals surface area contributed by atoms with Crippen LogP contribution in [0.2, 0.25) is 0 Å². The molecule has 0 rings (SSSR count). The van der Waals surface area contributed by atoms with Crippen LogP contribution in [-0.2, 0) is 24.3 Å². The van der Waals surface area contributed by atoms with Gasteiger partial charge in [-0.2, -0.15) is 0 Å². The van der Waals surface area contributed by atoms with Crippen LogP contribution in [0.1, 0.15) is 12.8 Å². The van der Waals surface area contributed by atoms with Crippen LogP contribution in [0, 0.1) is 0 Å². The Morgan fingerprint density at radius 1 is 1.31 bits per heavy atom. The third kappa shape index (κ3) is 5.66. The number of carboxylic acid groups (broad SMARTS) is 1. The van der Waals surface area contributed by atoms with Gasteiger partial charge in [0.05, 0.1) is 25.7 Å². The highest BCUT2D eigenvalue weighted by atomic mass is 32.2. The highest BCUT2D eigenvalue weighted by Crippen LogP contribution is 2.02. The predicted octanol–water partition coefficient (Wildman–Crippen LogP) is -0.714. The van der Waals surface area contributed by atoms with E-state index in [1.165, 1.54) is 14.2 Å². The van der Waals surface area contributed by atoms with Crippen molar-refractivity contribution in [1.29, 1.82) is 0 Å². The topological polar surface area (TPSA) is 101 Å². The van der Waals surface area contributed by atoms with Gasteiger partial charge in [-0.1, -0.05) is 0 Å². The molecule has 7 nitrogen and oxygen atoms in total. The van der Waals surface area contributed by atoms with E-state index in [0.29, 0.717) is 0 Å². The van der Waals surface area contributed by atoms with E-state index in [9.17, 15) is 18.0 Å². The summed E-state index contributed by atoms with van der Waals surface area (Å²) in [6, 6.07) is 0. The number of carbonyl (C=O) groups excluding carboxylic acids is 1. The molecule has 0 atom stereocenters. The first-order valence-corrected chi connectivity index (χ1v) is 6.13. The van der Waals surface area contributed by atoms with Crippen molar-refractivity contribution >= 4 is 22.0 Å². The van der Waals surface area contributed by atoms with Crippen LogP contribution in [0.25, 0.3) is 0 Å². The minimum Gasteiger partial charge on any atom is -0.481 e. The molecule has 0 aromatic rings. The van der Waals surface area contributed by atoms with E-state index >= 15 is 0 Å². The molecule has 0 radical (unpaired) electrons. The van der Waals surface area contributed by atoms with Crippen molar-refractivity contribution in [2.75, 3.05) is 26.5 Å². The second-order valence-corrected chi connectivity index (χ2v) is 5.30. The summed E-state index contributed by atoms with van der Waals surface area (Å²) in [5.41, 5.74) is 0. The lowest BCUT2D eigenvalue weighted by molar-refractivity contribution is -0.140. The van der Waals surface area contributed by atoms with Crippen molar-refractivity contribution in [2.24, 2.45) is 0 Å². The fourth-order valence-electron chi connectivity index (χ4n) is 0.862. The van der Waals surface area contributed by atoms with Gasteiger partial charge in [-0.25, -0.2) is 12.7 Å². The molecule has 0 fully saturated rings. The highest BCUT2D eigenvalue weighted by Gasteiger charge is 2.19. The summed E-state index contributed by atoms with van der Waals surface area (Å²) in [4.78, 5) is 21.0. The van der Waals surface area contributed by atoms with Gasteiger partial charge in [0, 0.05) is 13.6 Å². The third-order valence-electron chi connectivity index (χ3n) is 1.91. The number of carbonyl (C=O) groups is 2. The first kappa shape index (κ1) is 14.8. The largest absolute Gasteiger partial charge is 0.481 e. The van der Waals surface area contributed by atoms with Crippen LogP contribution in [-0.4, -0.2) is 56.2 Å². The molecular weight excluding hydrogens is 238 g/mol. The molecule has 0 aliphatic carbocycles. The molecule has 1 N–H and O–H groups in total. The monoisotopic (exact) mass is 253 g/mol. The Bertz CT molecular complexity index is 350. The Labute approximate surface area is 94.0 Å². The fraction of sp³-hybridized carbons (Fsp3) is 0.750. The zero-order valence-corrected chi connectivity index (χ0v) is 9.99. The number of nitrogens with zero attached hydrogens (tertiary/aromatic N) is 1. The van der Waals surface area contributed by atoms with Crippen molar-refractivity contribution in [2.45, 2.75) is 12.8 Å². The second-order valence-electron chi connectivity index (χ2n) is 3.11. The van der Waals surface area contributed by atoms with E-state index in [4.69, 9.17) is 5.11 Å². The number of esters is 1. The summed E-state index contributed by atoms with van der Waals surface area (Å²) in [5.74, 6) is -2.16. The smallest absolute Gasteiger partial charge is 0.306 e. The molecule has 0 unspecified atom stereocenters. The summed E-state index contributed by atoms with van der Waals surface area (Å²) in [5, 5.41) is 8.36. The van der Waals surface area contributed by atoms with Crippen LogP contribution < -0.4 is 0 Å². The number of aliphatic carboxylic acids is 1. The van der Waals surface area contributed by atoms with Crippen molar-refractivity contribution < 1.29 is 27.9 Å². The van der Waals surface area contributed by atoms with E-state index in [-0.39, 0.29) is 13.0 Å². The number of rotatable bonds is 7. The van der Waals surface area contributed by atoms with E-state index in [0.717, 1.165) is 4.31 Å². The fourth-order valence-corrected chi connectivity index (χ4v) is 1.98. The maximum atomic E-state index is 11.4. The summed E-state index contributed by atoms with van der Waals surface area (Å²) in [6.07, 6.45) is -0.510. The van der Waals surface area contributed by atoms with Gasteiger partial charge in [0.25, 0.3) is 0 Å². The van der Waals surface area contributed by atoms with Gasteiger partial charge in [0.1, 0.15) is 0 Å². The molecule has 94 valence electrons. The lowest BCUT2D eigenvalue weighted by Gasteiger charge is -2.15. The molecule has 0 aromatic heterocycles. The SMILES string of the molecule is COC(=O)CCN(C)S(=O)(=O)CCC(=O)O. The summed E-state index contributed by atoms with van der Waals surface area (Å²) in [6.45, 7) is -0.0192.